The van der Waals surface area contributed by atoms with E-state index in [1.807, 2.05) is 36.9 Å². The summed E-state index contributed by atoms with van der Waals surface area (Å²) in [4.78, 5) is 15.0. The maximum atomic E-state index is 12.7. The molecule has 6 heteroatoms. The third kappa shape index (κ3) is 6.17. The van der Waals surface area contributed by atoms with Gasteiger partial charge in [-0.2, -0.15) is 4.31 Å². The Morgan fingerprint density at radius 2 is 1.55 bits per heavy atom. The van der Waals surface area contributed by atoms with Crippen LogP contribution in [0, 0.1) is 5.92 Å². The minimum Gasteiger partial charge on any atom is -0.343 e. The van der Waals surface area contributed by atoms with Gasteiger partial charge in [0.2, 0.25) is 15.9 Å². The van der Waals surface area contributed by atoms with E-state index in [2.05, 4.69) is 24.3 Å². The van der Waals surface area contributed by atoms with Gasteiger partial charge in [0.25, 0.3) is 0 Å². The van der Waals surface area contributed by atoms with Crippen LogP contribution in [0.15, 0.2) is 59.5 Å². The molecule has 3 rings (SSSR count). The van der Waals surface area contributed by atoms with E-state index in [9.17, 15) is 13.2 Å². The minimum atomic E-state index is -3.44. The lowest BCUT2D eigenvalue weighted by Crippen LogP contribution is -2.39. The Hall–Kier alpha value is -2.18. The zero-order chi connectivity index (χ0) is 22.3. The highest BCUT2D eigenvalue weighted by Crippen LogP contribution is 2.23. The third-order valence-corrected chi connectivity index (χ3v) is 8.29. The highest BCUT2D eigenvalue weighted by Gasteiger charge is 2.23. The van der Waals surface area contributed by atoms with Gasteiger partial charge in [-0.15, -0.1) is 0 Å². The minimum absolute atomic E-state index is 0.193. The smallest absolute Gasteiger partial charge is 0.243 e. The van der Waals surface area contributed by atoms with Gasteiger partial charge in [-0.3, -0.25) is 4.79 Å². The number of piperidine rings is 1. The number of carbonyl (C=O) groups is 1. The molecule has 1 fully saturated rings. The van der Waals surface area contributed by atoms with Crippen LogP contribution in [-0.4, -0.2) is 49.7 Å². The predicted octanol–water partition coefficient (Wildman–Crippen LogP) is 4.13. The van der Waals surface area contributed by atoms with Crippen molar-refractivity contribution in [3.63, 3.8) is 0 Å². The Labute approximate surface area is 187 Å². The van der Waals surface area contributed by atoms with E-state index < -0.39 is 10.0 Å². The number of hydrogen-bond acceptors (Lipinski definition) is 3. The van der Waals surface area contributed by atoms with Gasteiger partial charge in [0.05, 0.1) is 4.90 Å². The second-order valence-corrected chi connectivity index (χ2v) is 10.2. The van der Waals surface area contributed by atoms with Crippen LogP contribution in [0.3, 0.4) is 0 Å². The molecule has 31 heavy (non-hydrogen) atoms. The average molecular weight is 443 g/mol. The van der Waals surface area contributed by atoms with Crippen LogP contribution in [0.1, 0.15) is 44.2 Å². The molecule has 1 aliphatic heterocycles. The predicted molar refractivity (Wildman–Crippen MR) is 124 cm³/mol. The van der Waals surface area contributed by atoms with Crippen molar-refractivity contribution < 1.29 is 13.2 Å². The van der Waals surface area contributed by atoms with Crippen molar-refractivity contribution in [2.24, 2.45) is 5.92 Å². The van der Waals surface area contributed by atoms with E-state index in [0.717, 1.165) is 37.9 Å². The number of likely N-dealkylation sites (tertiary alicyclic amines) is 1. The maximum Gasteiger partial charge on any atom is 0.243 e. The van der Waals surface area contributed by atoms with Gasteiger partial charge in [0, 0.05) is 32.6 Å². The molecule has 0 aromatic heterocycles. The van der Waals surface area contributed by atoms with Gasteiger partial charge in [-0.25, -0.2) is 8.42 Å². The molecule has 1 aliphatic rings. The molecule has 0 spiro atoms. The zero-order valence-electron chi connectivity index (χ0n) is 18.7. The van der Waals surface area contributed by atoms with Gasteiger partial charge in [0.1, 0.15) is 0 Å². The molecule has 0 atom stereocenters. The molecule has 1 amide bonds. The second-order valence-electron chi connectivity index (χ2n) is 8.25. The van der Waals surface area contributed by atoms with E-state index in [4.69, 9.17) is 0 Å². The average Bonchev–Trinajstić information content (AvgIpc) is 2.79. The third-order valence-electron chi connectivity index (χ3n) is 6.23. The van der Waals surface area contributed by atoms with Crippen molar-refractivity contribution >= 4 is 15.9 Å². The lowest BCUT2D eigenvalue weighted by atomic mass is 9.90. The molecule has 0 aliphatic carbocycles. The zero-order valence-corrected chi connectivity index (χ0v) is 19.5. The standard InChI is InChI=1S/C25H34N2O3S/c1-3-27(4-2)31(29,30)24-13-10-21(11-14-24)12-15-25(28)26-18-16-23(17-19-26)20-22-8-6-5-7-9-22/h5-11,13-14,23H,3-4,12,15-20H2,1-2H3. The molecule has 1 saturated heterocycles. The summed E-state index contributed by atoms with van der Waals surface area (Å²) < 4.78 is 26.6. The van der Waals surface area contributed by atoms with Crippen molar-refractivity contribution in [1.82, 2.24) is 9.21 Å². The van der Waals surface area contributed by atoms with Gasteiger partial charge in [-0.1, -0.05) is 56.3 Å². The first-order valence-electron chi connectivity index (χ1n) is 11.3. The molecule has 0 unspecified atom stereocenters. The number of aryl methyl sites for hydroxylation is 1. The first kappa shape index (κ1) is 23.5. The van der Waals surface area contributed by atoms with E-state index in [-0.39, 0.29) is 5.91 Å². The number of carbonyl (C=O) groups excluding carboxylic acids is 1. The molecule has 2 aromatic rings. The van der Waals surface area contributed by atoms with Crippen LogP contribution in [-0.2, 0) is 27.7 Å². The SMILES string of the molecule is CCN(CC)S(=O)(=O)c1ccc(CCC(=O)N2CCC(Cc3ccccc3)CC2)cc1. The van der Waals surface area contributed by atoms with E-state index >= 15 is 0 Å². The molecule has 1 heterocycles. The molecule has 0 radical (unpaired) electrons. The number of amides is 1. The molecule has 0 saturated carbocycles. The fourth-order valence-electron chi connectivity index (χ4n) is 4.28. The van der Waals surface area contributed by atoms with E-state index in [0.29, 0.717) is 36.7 Å². The summed E-state index contributed by atoms with van der Waals surface area (Å²) in [6.45, 7) is 6.25. The lowest BCUT2D eigenvalue weighted by molar-refractivity contribution is -0.132. The van der Waals surface area contributed by atoms with Crippen LogP contribution >= 0.6 is 0 Å². The van der Waals surface area contributed by atoms with Gasteiger partial charge < -0.3 is 4.90 Å². The Morgan fingerprint density at radius 1 is 0.935 bits per heavy atom. The largest absolute Gasteiger partial charge is 0.343 e. The van der Waals surface area contributed by atoms with Crippen LogP contribution in [0.4, 0.5) is 0 Å². The Morgan fingerprint density at radius 3 is 2.13 bits per heavy atom. The second kappa shape index (κ2) is 10.9. The van der Waals surface area contributed by atoms with Crippen LogP contribution in [0.5, 0.6) is 0 Å². The highest BCUT2D eigenvalue weighted by molar-refractivity contribution is 7.89. The molecule has 0 N–H and O–H groups in total. The summed E-state index contributed by atoms with van der Waals surface area (Å²) in [6.07, 6.45) is 4.29. The van der Waals surface area contributed by atoms with Gasteiger partial charge in [-0.05, 0) is 54.9 Å². The number of sulfonamides is 1. The summed E-state index contributed by atoms with van der Waals surface area (Å²) in [7, 11) is -3.44. The molecular formula is C25H34N2O3S. The fourth-order valence-corrected chi connectivity index (χ4v) is 5.74. The summed E-state index contributed by atoms with van der Waals surface area (Å²) in [5.41, 5.74) is 2.37. The lowest BCUT2D eigenvalue weighted by Gasteiger charge is -2.32. The van der Waals surface area contributed by atoms with Crippen LogP contribution < -0.4 is 0 Å². The fraction of sp³-hybridized carbons (Fsp3) is 0.480. The number of rotatable bonds is 9. The first-order valence-corrected chi connectivity index (χ1v) is 12.8. The van der Waals surface area contributed by atoms with Crippen molar-refractivity contribution in [3.8, 4) is 0 Å². The molecule has 168 valence electrons. The van der Waals surface area contributed by atoms with E-state index in [1.165, 1.54) is 9.87 Å². The van der Waals surface area contributed by atoms with Crippen LogP contribution in [0.2, 0.25) is 0 Å². The molecule has 5 nitrogen and oxygen atoms in total. The molecular weight excluding hydrogens is 408 g/mol. The van der Waals surface area contributed by atoms with Gasteiger partial charge >= 0.3 is 0 Å². The monoisotopic (exact) mass is 442 g/mol. The van der Waals surface area contributed by atoms with Gasteiger partial charge in [0.15, 0.2) is 0 Å². The summed E-state index contributed by atoms with van der Waals surface area (Å²) >= 11 is 0. The topological polar surface area (TPSA) is 57.7 Å². The summed E-state index contributed by atoms with van der Waals surface area (Å²) in [5, 5.41) is 0. The Bertz CT molecular complexity index is 930. The van der Waals surface area contributed by atoms with Crippen molar-refractivity contribution in [1.29, 1.82) is 0 Å². The Kier molecular flexibility index (Phi) is 8.27. The summed E-state index contributed by atoms with van der Waals surface area (Å²) in [5.74, 6) is 0.838. The Balaban J connectivity index is 1.47. The molecule has 2 aromatic carbocycles. The van der Waals surface area contributed by atoms with Crippen LogP contribution in [0.25, 0.3) is 0 Å². The number of benzene rings is 2. The quantitative estimate of drug-likeness (QED) is 0.587. The summed E-state index contributed by atoms with van der Waals surface area (Å²) in [6, 6.07) is 17.5. The normalized spacial score (nSPS) is 15.4. The molecule has 0 bridgehead atoms. The highest BCUT2D eigenvalue weighted by atomic mass is 32.2. The maximum absolute atomic E-state index is 12.7. The van der Waals surface area contributed by atoms with Crippen molar-refractivity contribution in [3.05, 3.63) is 65.7 Å². The number of nitrogens with zero attached hydrogens (tertiary/aromatic N) is 2. The van der Waals surface area contributed by atoms with Crippen molar-refractivity contribution in [2.75, 3.05) is 26.2 Å². The number of hydrogen-bond donors (Lipinski definition) is 0. The first-order chi connectivity index (χ1) is 14.9. The van der Waals surface area contributed by atoms with Crippen molar-refractivity contribution in [2.45, 2.75) is 50.8 Å². The van der Waals surface area contributed by atoms with E-state index in [1.54, 1.807) is 12.1 Å².